The van der Waals surface area contributed by atoms with Gasteiger partial charge >= 0.3 is 5.97 Å². The number of carbonyl (C=O) groups excluding carboxylic acids is 1. The number of amides is 1. The zero-order chi connectivity index (χ0) is 18.9. The molecule has 1 aliphatic rings. The Bertz CT molecular complexity index is 877. The van der Waals surface area contributed by atoms with E-state index in [-0.39, 0.29) is 12.5 Å². The fourth-order valence-corrected chi connectivity index (χ4v) is 3.79. The van der Waals surface area contributed by atoms with Crippen LogP contribution in [0, 0.1) is 5.41 Å². The third-order valence-corrected chi connectivity index (χ3v) is 5.39. The van der Waals surface area contributed by atoms with Crippen molar-refractivity contribution in [2.45, 2.75) is 33.1 Å². The van der Waals surface area contributed by atoms with Crippen molar-refractivity contribution in [2.24, 2.45) is 12.5 Å². The fraction of sp³-hybridized carbons (Fsp3) is 0.429. The van der Waals surface area contributed by atoms with Crippen molar-refractivity contribution in [3.63, 3.8) is 0 Å². The summed E-state index contributed by atoms with van der Waals surface area (Å²) < 4.78 is 1.89. The summed E-state index contributed by atoms with van der Waals surface area (Å²) in [4.78, 5) is 26.9. The second-order valence-corrected chi connectivity index (χ2v) is 7.55. The summed E-state index contributed by atoms with van der Waals surface area (Å²) in [7, 11) is 1.88. The molecule has 1 saturated heterocycles. The van der Waals surface area contributed by atoms with Crippen molar-refractivity contribution in [1.82, 2.24) is 9.47 Å². The normalized spacial score (nSPS) is 20.2. The molecule has 5 heteroatoms. The highest BCUT2D eigenvalue weighted by Crippen LogP contribution is 2.35. The number of nitrogens with zero attached hydrogens (tertiary/aromatic N) is 2. The lowest BCUT2D eigenvalue weighted by atomic mass is 9.76. The van der Waals surface area contributed by atoms with E-state index < -0.39 is 11.4 Å². The van der Waals surface area contributed by atoms with E-state index in [0.29, 0.717) is 31.5 Å². The molecule has 1 atom stereocenters. The van der Waals surface area contributed by atoms with Crippen LogP contribution in [0.4, 0.5) is 0 Å². The molecule has 138 valence electrons. The van der Waals surface area contributed by atoms with Crippen LogP contribution in [0.15, 0.2) is 42.0 Å². The number of aromatic nitrogens is 1. The molecule has 5 nitrogen and oxygen atoms in total. The van der Waals surface area contributed by atoms with Gasteiger partial charge in [-0.1, -0.05) is 29.8 Å². The molecule has 2 aromatic rings. The number of fused-ring (bicyclic) bond motifs is 1. The van der Waals surface area contributed by atoms with Gasteiger partial charge in [0.1, 0.15) is 5.69 Å². The van der Waals surface area contributed by atoms with Gasteiger partial charge in [-0.15, -0.1) is 0 Å². The maximum atomic E-state index is 13.1. The molecule has 26 heavy (non-hydrogen) atoms. The first-order valence-corrected chi connectivity index (χ1v) is 9.04. The van der Waals surface area contributed by atoms with Gasteiger partial charge < -0.3 is 14.6 Å². The summed E-state index contributed by atoms with van der Waals surface area (Å²) in [6.07, 6.45) is 3.74. The average Bonchev–Trinajstić information content (AvgIpc) is 2.96. The van der Waals surface area contributed by atoms with Crippen molar-refractivity contribution >= 4 is 22.8 Å². The minimum atomic E-state index is -0.893. The Labute approximate surface area is 153 Å². The predicted octanol–water partition coefficient (Wildman–Crippen LogP) is 3.84. The highest BCUT2D eigenvalue weighted by Gasteiger charge is 2.43. The Balaban J connectivity index is 1.90. The van der Waals surface area contributed by atoms with Gasteiger partial charge in [-0.3, -0.25) is 9.59 Å². The largest absolute Gasteiger partial charge is 0.481 e. The number of likely N-dealkylation sites (tertiary alicyclic amines) is 1. The maximum Gasteiger partial charge on any atom is 0.311 e. The van der Waals surface area contributed by atoms with Gasteiger partial charge in [-0.25, -0.2) is 0 Å². The van der Waals surface area contributed by atoms with Gasteiger partial charge in [0.25, 0.3) is 5.91 Å². The number of aryl methyl sites for hydroxylation is 1. The summed E-state index contributed by atoms with van der Waals surface area (Å²) in [5.74, 6) is -0.907. The highest BCUT2D eigenvalue weighted by molar-refractivity contribution is 5.99. The van der Waals surface area contributed by atoms with E-state index >= 15 is 0 Å². The minimum absolute atomic E-state index is 0.0915. The lowest BCUT2D eigenvalue weighted by molar-refractivity contribution is -0.151. The Kier molecular flexibility index (Phi) is 4.90. The number of allylic oxidation sites excluding steroid dienone is 2. The number of carbonyl (C=O) groups is 2. The second-order valence-electron chi connectivity index (χ2n) is 7.55. The Hall–Kier alpha value is -2.56. The Morgan fingerprint density at radius 3 is 2.65 bits per heavy atom. The summed E-state index contributed by atoms with van der Waals surface area (Å²) in [6.45, 7) is 4.80. The quantitative estimate of drug-likeness (QED) is 0.849. The van der Waals surface area contributed by atoms with Crippen LogP contribution in [0.5, 0.6) is 0 Å². The van der Waals surface area contributed by atoms with Crippen LogP contribution >= 0.6 is 0 Å². The molecule has 1 N–H and O–H groups in total. The van der Waals surface area contributed by atoms with Crippen LogP contribution in [0.1, 0.15) is 43.6 Å². The Morgan fingerprint density at radius 1 is 1.27 bits per heavy atom. The first kappa shape index (κ1) is 18.2. The number of piperidine rings is 1. The molecule has 1 amide bonds. The van der Waals surface area contributed by atoms with Gasteiger partial charge in [0.05, 0.1) is 5.41 Å². The smallest absolute Gasteiger partial charge is 0.311 e. The summed E-state index contributed by atoms with van der Waals surface area (Å²) in [5.41, 5.74) is 1.81. The first-order valence-electron chi connectivity index (χ1n) is 9.04. The number of carboxylic acids is 1. The van der Waals surface area contributed by atoms with Crippen LogP contribution in [0.25, 0.3) is 10.9 Å². The third kappa shape index (κ3) is 3.26. The molecular formula is C21H26N2O3. The molecule has 0 radical (unpaired) electrons. The highest BCUT2D eigenvalue weighted by atomic mass is 16.4. The monoisotopic (exact) mass is 354 g/mol. The Morgan fingerprint density at radius 2 is 2.00 bits per heavy atom. The third-order valence-electron chi connectivity index (χ3n) is 5.39. The van der Waals surface area contributed by atoms with Gasteiger partial charge in [0, 0.05) is 31.0 Å². The fourth-order valence-electron chi connectivity index (χ4n) is 3.79. The van der Waals surface area contributed by atoms with Crippen LogP contribution in [-0.4, -0.2) is 39.5 Å². The molecule has 0 bridgehead atoms. The zero-order valence-electron chi connectivity index (χ0n) is 15.7. The number of benzene rings is 1. The number of hydrogen-bond acceptors (Lipinski definition) is 2. The summed E-state index contributed by atoms with van der Waals surface area (Å²) in [5, 5.41) is 10.9. The SMILES string of the molecule is CC(C)=CC[C@@]1(C(=O)O)CCCN(C(=O)c2cc3ccccc3n2C)C1. The van der Waals surface area contributed by atoms with Crippen LogP contribution in [0.2, 0.25) is 0 Å². The lowest BCUT2D eigenvalue weighted by Crippen LogP contribution is -2.50. The maximum absolute atomic E-state index is 13.1. The number of carboxylic acid groups (broad SMARTS) is 1. The van der Waals surface area contributed by atoms with E-state index in [0.717, 1.165) is 16.5 Å². The number of hydrogen-bond donors (Lipinski definition) is 1. The summed E-state index contributed by atoms with van der Waals surface area (Å²) in [6, 6.07) is 9.76. The van der Waals surface area contributed by atoms with Gasteiger partial charge in [-0.2, -0.15) is 0 Å². The minimum Gasteiger partial charge on any atom is -0.481 e. The van der Waals surface area contributed by atoms with Gasteiger partial charge in [0.2, 0.25) is 0 Å². The molecule has 1 fully saturated rings. The second kappa shape index (κ2) is 6.98. The number of rotatable bonds is 4. The van der Waals surface area contributed by atoms with E-state index in [1.54, 1.807) is 4.90 Å². The van der Waals surface area contributed by atoms with Crippen molar-refractivity contribution in [3.8, 4) is 0 Å². The predicted molar refractivity (Wildman–Crippen MR) is 102 cm³/mol. The molecule has 1 aromatic carbocycles. The first-order chi connectivity index (χ1) is 12.3. The van der Waals surface area contributed by atoms with Crippen molar-refractivity contribution in [1.29, 1.82) is 0 Å². The lowest BCUT2D eigenvalue weighted by Gasteiger charge is -2.39. The van der Waals surface area contributed by atoms with Gasteiger partial charge in [0.15, 0.2) is 0 Å². The standard InChI is InChI=1S/C21H26N2O3/c1-15(2)9-11-21(20(25)26)10-6-12-23(14-21)19(24)18-13-16-7-4-5-8-17(16)22(18)3/h4-5,7-9,13H,6,10-12,14H2,1-3H3,(H,25,26)/t21-/m0/s1. The molecule has 3 rings (SSSR count). The van der Waals surface area contributed by atoms with Crippen molar-refractivity contribution in [2.75, 3.05) is 13.1 Å². The van der Waals surface area contributed by atoms with E-state index in [1.165, 1.54) is 0 Å². The van der Waals surface area contributed by atoms with Crippen LogP contribution in [0.3, 0.4) is 0 Å². The van der Waals surface area contributed by atoms with Crippen molar-refractivity contribution < 1.29 is 14.7 Å². The molecule has 0 unspecified atom stereocenters. The molecular weight excluding hydrogens is 328 g/mol. The van der Waals surface area contributed by atoms with E-state index in [4.69, 9.17) is 0 Å². The summed E-state index contributed by atoms with van der Waals surface area (Å²) >= 11 is 0. The molecule has 2 heterocycles. The van der Waals surface area contributed by atoms with Crippen molar-refractivity contribution in [3.05, 3.63) is 47.7 Å². The molecule has 1 aromatic heterocycles. The average molecular weight is 354 g/mol. The van der Waals surface area contributed by atoms with Gasteiger partial charge in [-0.05, 0) is 45.2 Å². The molecule has 0 spiro atoms. The number of para-hydroxylation sites is 1. The van der Waals surface area contributed by atoms with Crippen LogP contribution in [-0.2, 0) is 11.8 Å². The zero-order valence-corrected chi connectivity index (χ0v) is 15.7. The van der Waals surface area contributed by atoms with E-state index in [2.05, 4.69) is 0 Å². The number of aliphatic carboxylic acids is 1. The molecule has 0 aliphatic carbocycles. The van der Waals surface area contributed by atoms with E-state index in [1.807, 2.05) is 61.9 Å². The van der Waals surface area contributed by atoms with Crippen LogP contribution < -0.4 is 0 Å². The molecule has 1 aliphatic heterocycles. The molecule has 0 saturated carbocycles. The van der Waals surface area contributed by atoms with E-state index in [9.17, 15) is 14.7 Å². The topological polar surface area (TPSA) is 62.5 Å².